The van der Waals surface area contributed by atoms with E-state index in [9.17, 15) is 13.2 Å². The molecule has 0 nitrogen and oxygen atoms in total. The monoisotopic (exact) mass is 366 g/mol. The number of hydrogen-bond donors (Lipinski definition) is 0. The van der Waals surface area contributed by atoms with E-state index < -0.39 is 12.1 Å². The highest BCUT2D eigenvalue weighted by Gasteiger charge is 2.36. The van der Waals surface area contributed by atoms with Gasteiger partial charge < -0.3 is 0 Å². The summed E-state index contributed by atoms with van der Waals surface area (Å²) in [4.78, 5) is 0. The molecule has 0 radical (unpaired) electrons. The fourth-order valence-electron chi connectivity index (χ4n) is 4.03. The maximum atomic E-state index is 13.0. The van der Waals surface area contributed by atoms with Crippen molar-refractivity contribution in [3.8, 4) is 0 Å². The third-order valence-electron chi connectivity index (χ3n) is 5.60. The molecule has 0 bridgehead atoms. The maximum absolute atomic E-state index is 13.0. The van der Waals surface area contributed by atoms with Crippen LogP contribution in [0.25, 0.3) is 32.3 Å². The van der Waals surface area contributed by atoms with Gasteiger partial charge in [0, 0.05) is 0 Å². The molecule has 0 saturated heterocycles. The molecule has 0 aliphatic rings. The molecule has 27 heavy (non-hydrogen) atoms. The molecule has 3 heteroatoms. The minimum Gasteiger partial charge on any atom is -0.171 e. The zero-order valence-corrected chi connectivity index (χ0v) is 15.3. The zero-order valence-electron chi connectivity index (χ0n) is 15.3. The van der Waals surface area contributed by atoms with Crippen LogP contribution >= 0.6 is 0 Å². The highest BCUT2D eigenvalue weighted by molar-refractivity contribution is 6.25. The van der Waals surface area contributed by atoms with Crippen LogP contribution in [0, 0.1) is 5.92 Å². The van der Waals surface area contributed by atoms with Crippen molar-refractivity contribution in [2.24, 2.45) is 5.92 Å². The van der Waals surface area contributed by atoms with Crippen molar-refractivity contribution in [1.82, 2.24) is 0 Å². The lowest BCUT2D eigenvalue weighted by molar-refractivity contribution is -0.172. The summed E-state index contributed by atoms with van der Waals surface area (Å²) in [5, 5.41) is 6.94. The van der Waals surface area contributed by atoms with E-state index in [1.165, 1.54) is 23.1 Å². The Morgan fingerprint density at radius 3 is 1.59 bits per heavy atom. The van der Waals surface area contributed by atoms with Crippen LogP contribution in [0.4, 0.5) is 13.2 Å². The van der Waals surface area contributed by atoms with Gasteiger partial charge in [-0.25, -0.2) is 0 Å². The molecule has 0 saturated carbocycles. The lowest BCUT2D eigenvalue weighted by Crippen LogP contribution is -2.21. The molecule has 0 aromatic heterocycles. The van der Waals surface area contributed by atoms with Crippen molar-refractivity contribution in [2.45, 2.75) is 32.4 Å². The van der Waals surface area contributed by atoms with Gasteiger partial charge in [0.05, 0.1) is 5.92 Å². The van der Waals surface area contributed by atoms with Gasteiger partial charge in [0.25, 0.3) is 0 Å². The number of fused-ring (bicyclic) bond motifs is 6. The summed E-state index contributed by atoms with van der Waals surface area (Å²) in [6.07, 6.45) is -4.05. The Hall–Kier alpha value is -2.55. The van der Waals surface area contributed by atoms with E-state index in [1.807, 2.05) is 37.3 Å². The zero-order chi connectivity index (χ0) is 19.2. The van der Waals surface area contributed by atoms with Gasteiger partial charge >= 0.3 is 6.18 Å². The standard InChI is InChI=1S/C24H21F3/c1-15(13-16(2)24(25,26)27)17-11-12-22-20-9-4-3-7-18(20)19-8-5-6-10-21(19)23(22)14-17/h3-12,14-16H,13H2,1-2H3. The van der Waals surface area contributed by atoms with Gasteiger partial charge in [0.15, 0.2) is 0 Å². The lowest BCUT2D eigenvalue weighted by atomic mass is 9.87. The van der Waals surface area contributed by atoms with E-state index in [2.05, 4.69) is 36.4 Å². The predicted molar refractivity (Wildman–Crippen MR) is 107 cm³/mol. The first-order valence-corrected chi connectivity index (χ1v) is 9.26. The van der Waals surface area contributed by atoms with Crippen molar-refractivity contribution in [2.75, 3.05) is 0 Å². The molecule has 0 amide bonds. The minimum absolute atomic E-state index is 0.0977. The molecule has 4 aromatic rings. The molecule has 0 N–H and O–H groups in total. The SMILES string of the molecule is CC(CC(C)C(F)(F)F)c1ccc2c3ccccc3c3ccccc3c2c1. The smallest absolute Gasteiger partial charge is 0.171 e. The summed E-state index contributed by atoms with van der Waals surface area (Å²) in [5.41, 5.74) is 0.957. The Morgan fingerprint density at radius 1 is 0.667 bits per heavy atom. The van der Waals surface area contributed by atoms with E-state index >= 15 is 0 Å². The fraction of sp³-hybridized carbons (Fsp3) is 0.250. The van der Waals surface area contributed by atoms with Crippen molar-refractivity contribution in [3.05, 3.63) is 72.3 Å². The van der Waals surface area contributed by atoms with Gasteiger partial charge in [0.1, 0.15) is 0 Å². The fourth-order valence-corrected chi connectivity index (χ4v) is 4.03. The van der Waals surface area contributed by atoms with E-state index in [4.69, 9.17) is 0 Å². The first kappa shape index (κ1) is 17.8. The second kappa shape index (κ2) is 6.56. The quantitative estimate of drug-likeness (QED) is 0.324. The van der Waals surface area contributed by atoms with Crippen LogP contribution in [0.15, 0.2) is 66.7 Å². The number of alkyl halides is 3. The average molecular weight is 366 g/mol. The molecule has 0 heterocycles. The van der Waals surface area contributed by atoms with Crippen LogP contribution in [0.3, 0.4) is 0 Å². The molecule has 0 spiro atoms. The number of rotatable bonds is 3. The molecule has 0 fully saturated rings. The molecule has 4 aromatic carbocycles. The normalized spacial score (nSPS) is 14.7. The topological polar surface area (TPSA) is 0 Å². The Labute approximate surface area is 156 Å². The van der Waals surface area contributed by atoms with Crippen molar-refractivity contribution < 1.29 is 13.2 Å². The van der Waals surface area contributed by atoms with E-state index in [1.54, 1.807) is 0 Å². The minimum atomic E-state index is -4.14. The van der Waals surface area contributed by atoms with Gasteiger partial charge in [-0.1, -0.05) is 80.6 Å². The molecule has 2 atom stereocenters. The Morgan fingerprint density at radius 2 is 1.11 bits per heavy atom. The second-order valence-corrected chi connectivity index (χ2v) is 7.48. The summed E-state index contributed by atoms with van der Waals surface area (Å²) in [5.74, 6) is -1.46. The Bertz CT molecular complexity index is 1090. The number of hydrogen-bond acceptors (Lipinski definition) is 0. The van der Waals surface area contributed by atoms with Gasteiger partial charge in [0.2, 0.25) is 0 Å². The predicted octanol–water partition coefficient (Wildman–Crippen LogP) is 7.84. The van der Waals surface area contributed by atoms with E-state index in [-0.39, 0.29) is 12.3 Å². The largest absolute Gasteiger partial charge is 0.391 e. The molecule has 0 aliphatic heterocycles. The van der Waals surface area contributed by atoms with Crippen LogP contribution in [0.5, 0.6) is 0 Å². The number of benzene rings is 4. The van der Waals surface area contributed by atoms with Gasteiger partial charge in [-0.05, 0) is 50.2 Å². The molecular formula is C24H21F3. The molecule has 138 valence electrons. The summed E-state index contributed by atoms with van der Waals surface area (Å²) in [7, 11) is 0. The first-order valence-electron chi connectivity index (χ1n) is 9.26. The van der Waals surface area contributed by atoms with Crippen LogP contribution in [0.2, 0.25) is 0 Å². The highest BCUT2D eigenvalue weighted by Crippen LogP contribution is 2.38. The third-order valence-corrected chi connectivity index (χ3v) is 5.60. The second-order valence-electron chi connectivity index (χ2n) is 7.48. The van der Waals surface area contributed by atoms with Gasteiger partial charge in [-0.3, -0.25) is 0 Å². The van der Waals surface area contributed by atoms with Crippen molar-refractivity contribution in [3.63, 3.8) is 0 Å². The van der Waals surface area contributed by atoms with Crippen LogP contribution < -0.4 is 0 Å². The van der Waals surface area contributed by atoms with E-state index in [0.717, 1.165) is 21.7 Å². The number of halogens is 3. The lowest BCUT2D eigenvalue weighted by Gasteiger charge is -2.21. The summed E-state index contributed by atoms with van der Waals surface area (Å²) in [6.45, 7) is 3.15. The van der Waals surface area contributed by atoms with Crippen LogP contribution in [-0.2, 0) is 0 Å². The van der Waals surface area contributed by atoms with E-state index in [0.29, 0.717) is 0 Å². The summed E-state index contributed by atoms with van der Waals surface area (Å²) >= 11 is 0. The Kier molecular flexibility index (Phi) is 4.33. The third kappa shape index (κ3) is 3.16. The molecule has 0 aliphatic carbocycles. The van der Waals surface area contributed by atoms with Crippen molar-refractivity contribution >= 4 is 32.3 Å². The molecule has 2 unspecified atom stereocenters. The average Bonchev–Trinajstić information content (AvgIpc) is 2.67. The summed E-state index contributed by atoms with van der Waals surface area (Å²) < 4.78 is 38.9. The summed E-state index contributed by atoms with van der Waals surface area (Å²) in [6, 6.07) is 22.7. The van der Waals surface area contributed by atoms with Gasteiger partial charge in [-0.15, -0.1) is 0 Å². The van der Waals surface area contributed by atoms with Crippen LogP contribution in [0.1, 0.15) is 31.7 Å². The Balaban J connectivity index is 1.90. The molecule has 4 rings (SSSR count). The maximum Gasteiger partial charge on any atom is 0.391 e. The molecular weight excluding hydrogens is 345 g/mol. The highest BCUT2D eigenvalue weighted by atomic mass is 19.4. The van der Waals surface area contributed by atoms with Crippen molar-refractivity contribution in [1.29, 1.82) is 0 Å². The first-order chi connectivity index (χ1) is 12.9. The van der Waals surface area contributed by atoms with Crippen LogP contribution in [-0.4, -0.2) is 6.18 Å². The van der Waals surface area contributed by atoms with Gasteiger partial charge in [-0.2, -0.15) is 13.2 Å².